The van der Waals surface area contributed by atoms with Crippen LogP contribution in [-0.4, -0.2) is 82.7 Å². The molecule has 212 valence electrons. The van der Waals surface area contributed by atoms with Crippen LogP contribution >= 0.6 is 0 Å². The van der Waals surface area contributed by atoms with E-state index in [-0.39, 0.29) is 30.9 Å². The normalized spacial score (nSPS) is 27.5. The van der Waals surface area contributed by atoms with Gasteiger partial charge in [0.25, 0.3) is 5.91 Å². The minimum atomic E-state index is -1.13. The number of hydrogen-bond donors (Lipinski definition) is 1. The molecule has 0 saturated carbocycles. The number of benzene rings is 2. The molecule has 1 N–H and O–H groups in total. The lowest BCUT2D eigenvalue weighted by atomic mass is 9.70. The van der Waals surface area contributed by atoms with Gasteiger partial charge in [-0.3, -0.25) is 14.4 Å². The van der Waals surface area contributed by atoms with E-state index in [1.165, 1.54) is 4.90 Å². The first-order chi connectivity index (χ1) is 19.3. The second-order valence-electron chi connectivity index (χ2n) is 11.2. The number of fused-ring (bicyclic) bond motifs is 2. The Kier molecular flexibility index (Phi) is 7.84. The molecule has 3 amide bonds. The van der Waals surface area contributed by atoms with E-state index >= 15 is 0 Å². The van der Waals surface area contributed by atoms with E-state index in [4.69, 9.17) is 4.74 Å². The van der Waals surface area contributed by atoms with E-state index in [1.807, 2.05) is 49.4 Å². The predicted octanol–water partition coefficient (Wildman–Crippen LogP) is 3.54. The zero-order chi connectivity index (χ0) is 28.6. The predicted molar refractivity (Wildman–Crippen MR) is 155 cm³/mol. The summed E-state index contributed by atoms with van der Waals surface area (Å²) in [6.07, 6.45) is 4.79. The lowest BCUT2D eigenvalue weighted by Gasteiger charge is -2.38. The smallest absolute Gasteiger partial charge is 0.253 e. The van der Waals surface area contributed by atoms with Crippen LogP contribution in [0.3, 0.4) is 0 Å². The highest BCUT2D eigenvalue weighted by Gasteiger charge is 2.75. The molecule has 2 bridgehead atoms. The number of carbonyl (C=O) groups is 3. The lowest BCUT2D eigenvalue weighted by Crippen LogP contribution is -2.58. The molecule has 40 heavy (non-hydrogen) atoms. The van der Waals surface area contributed by atoms with Crippen molar-refractivity contribution in [1.82, 2.24) is 9.80 Å². The number of nitrogens with zero attached hydrogens (tertiary/aromatic N) is 3. The Labute approximate surface area is 235 Å². The maximum atomic E-state index is 14.6. The van der Waals surface area contributed by atoms with Crippen LogP contribution in [0.25, 0.3) is 10.8 Å². The van der Waals surface area contributed by atoms with Gasteiger partial charge in [0.15, 0.2) is 0 Å². The molecule has 0 aliphatic carbocycles. The van der Waals surface area contributed by atoms with Gasteiger partial charge in [0, 0.05) is 25.3 Å². The molecular weight excluding hydrogens is 506 g/mol. The molecule has 3 heterocycles. The summed E-state index contributed by atoms with van der Waals surface area (Å²) < 4.78 is 6.60. The largest absolute Gasteiger partial charge is 0.394 e. The first-order valence-corrected chi connectivity index (χ1v) is 14.2. The summed E-state index contributed by atoms with van der Waals surface area (Å²) in [6.45, 7) is 12.3. The standard InChI is InChI=1S/C32H39N3O5/c1-5-16-33(17-6-2)29(37)26-25-14-15-32(40-25)27(26)30(38)35(21(4)20-36)28(32)31(39)34(18-7-3)24-13-12-22-10-8-9-11-23(22)19-24/h5,7-13,19,21,25-28,36H,1,3,6,14-18,20H2,2,4H3/t21-,25-,26+,27+,28?,32?/m1/s1. The van der Waals surface area contributed by atoms with Crippen molar-refractivity contribution in [2.45, 2.75) is 56.9 Å². The third-order valence-electron chi connectivity index (χ3n) is 8.77. The van der Waals surface area contributed by atoms with Gasteiger partial charge in [-0.15, -0.1) is 13.2 Å². The molecule has 3 saturated heterocycles. The first kappa shape index (κ1) is 28.1. The molecule has 3 fully saturated rings. The first-order valence-electron chi connectivity index (χ1n) is 14.2. The lowest BCUT2D eigenvalue weighted by molar-refractivity contribution is -0.147. The molecule has 3 aliphatic heterocycles. The minimum absolute atomic E-state index is 0.131. The van der Waals surface area contributed by atoms with Crippen LogP contribution in [0.2, 0.25) is 0 Å². The van der Waals surface area contributed by atoms with E-state index < -0.39 is 35.6 Å². The van der Waals surface area contributed by atoms with Crippen molar-refractivity contribution in [1.29, 1.82) is 0 Å². The molecule has 2 aromatic rings. The maximum Gasteiger partial charge on any atom is 0.253 e. The zero-order valence-corrected chi connectivity index (χ0v) is 23.4. The van der Waals surface area contributed by atoms with Gasteiger partial charge in [0.1, 0.15) is 11.6 Å². The second-order valence-corrected chi connectivity index (χ2v) is 11.2. The Morgan fingerprint density at radius 1 is 1.15 bits per heavy atom. The summed E-state index contributed by atoms with van der Waals surface area (Å²) in [7, 11) is 0. The summed E-state index contributed by atoms with van der Waals surface area (Å²) in [4.78, 5) is 47.5. The number of ether oxygens (including phenoxy) is 1. The van der Waals surface area contributed by atoms with Crippen LogP contribution in [-0.2, 0) is 19.1 Å². The third-order valence-corrected chi connectivity index (χ3v) is 8.77. The average Bonchev–Trinajstić information content (AvgIpc) is 3.61. The molecule has 2 aromatic carbocycles. The fraction of sp³-hybridized carbons (Fsp3) is 0.469. The number of aliphatic hydroxyl groups is 1. The fourth-order valence-corrected chi connectivity index (χ4v) is 7.09. The van der Waals surface area contributed by atoms with Crippen molar-refractivity contribution in [2.24, 2.45) is 11.8 Å². The molecule has 8 heteroatoms. The minimum Gasteiger partial charge on any atom is -0.394 e. The molecule has 3 aliphatic rings. The van der Waals surface area contributed by atoms with Crippen molar-refractivity contribution < 1.29 is 24.2 Å². The quantitative estimate of drug-likeness (QED) is 0.437. The Bertz CT molecular complexity index is 1330. The Morgan fingerprint density at radius 2 is 1.88 bits per heavy atom. The Balaban J connectivity index is 1.57. The van der Waals surface area contributed by atoms with Gasteiger partial charge >= 0.3 is 0 Å². The van der Waals surface area contributed by atoms with Gasteiger partial charge in [-0.1, -0.05) is 49.4 Å². The van der Waals surface area contributed by atoms with Gasteiger partial charge in [-0.25, -0.2) is 0 Å². The number of carbonyl (C=O) groups excluding carboxylic acids is 3. The third kappa shape index (κ3) is 4.34. The summed E-state index contributed by atoms with van der Waals surface area (Å²) in [5.74, 6) is -2.18. The van der Waals surface area contributed by atoms with Gasteiger partial charge in [-0.05, 0) is 49.1 Å². The SMILES string of the molecule is C=CCN(CCC)C(=O)[C@@H]1[C@H]2C(=O)N([C@H](C)CO)C(C(=O)N(CC=C)c3ccc4ccccc4c3)C23CC[C@H]1O3. The topological polar surface area (TPSA) is 90.4 Å². The summed E-state index contributed by atoms with van der Waals surface area (Å²) >= 11 is 0. The molecular formula is C32H39N3O5. The van der Waals surface area contributed by atoms with Crippen LogP contribution in [0.4, 0.5) is 5.69 Å². The monoisotopic (exact) mass is 545 g/mol. The van der Waals surface area contributed by atoms with E-state index in [2.05, 4.69) is 13.2 Å². The van der Waals surface area contributed by atoms with Crippen molar-refractivity contribution in [3.05, 3.63) is 67.8 Å². The number of rotatable bonds is 11. The van der Waals surface area contributed by atoms with Crippen LogP contribution in [0.5, 0.6) is 0 Å². The van der Waals surface area contributed by atoms with Crippen LogP contribution < -0.4 is 4.90 Å². The summed E-state index contributed by atoms with van der Waals surface area (Å²) in [6, 6.07) is 12.2. The summed E-state index contributed by atoms with van der Waals surface area (Å²) in [5.41, 5.74) is -0.446. The fourth-order valence-electron chi connectivity index (χ4n) is 7.09. The van der Waals surface area contributed by atoms with Crippen molar-refractivity contribution in [2.75, 3.05) is 31.1 Å². The number of anilines is 1. The molecule has 0 aromatic heterocycles. The highest BCUT2D eigenvalue weighted by atomic mass is 16.5. The molecule has 2 unspecified atom stereocenters. The van der Waals surface area contributed by atoms with Crippen LogP contribution in [0, 0.1) is 11.8 Å². The maximum absolute atomic E-state index is 14.6. The van der Waals surface area contributed by atoms with Crippen molar-refractivity contribution in [3.63, 3.8) is 0 Å². The van der Waals surface area contributed by atoms with E-state index in [1.54, 1.807) is 28.9 Å². The van der Waals surface area contributed by atoms with Gasteiger partial charge < -0.3 is 24.5 Å². The number of likely N-dealkylation sites (tertiary alicyclic amines) is 1. The molecule has 6 atom stereocenters. The van der Waals surface area contributed by atoms with Gasteiger partial charge in [-0.2, -0.15) is 0 Å². The van der Waals surface area contributed by atoms with Crippen molar-refractivity contribution >= 4 is 34.2 Å². The number of aliphatic hydroxyl groups excluding tert-OH is 1. The van der Waals surface area contributed by atoms with E-state index in [0.717, 1.165) is 17.2 Å². The summed E-state index contributed by atoms with van der Waals surface area (Å²) in [5, 5.41) is 12.2. The number of hydrogen-bond acceptors (Lipinski definition) is 5. The molecule has 5 rings (SSSR count). The molecule has 0 radical (unpaired) electrons. The Morgan fingerprint density at radius 3 is 2.55 bits per heavy atom. The van der Waals surface area contributed by atoms with Crippen LogP contribution in [0.15, 0.2) is 67.8 Å². The zero-order valence-electron chi connectivity index (χ0n) is 23.4. The molecule has 1 spiro atoms. The molecule has 8 nitrogen and oxygen atoms in total. The second kappa shape index (κ2) is 11.2. The van der Waals surface area contributed by atoms with E-state index in [9.17, 15) is 19.5 Å². The van der Waals surface area contributed by atoms with Crippen molar-refractivity contribution in [3.8, 4) is 0 Å². The van der Waals surface area contributed by atoms with Gasteiger partial charge in [0.05, 0.1) is 30.6 Å². The van der Waals surface area contributed by atoms with Gasteiger partial charge in [0.2, 0.25) is 11.8 Å². The highest BCUT2D eigenvalue weighted by Crippen LogP contribution is 2.59. The van der Waals surface area contributed by atoms with E-state index in [0.29, 0.717) is 31.6 Å². The highest BCUT2D eigenvalue weighted by molar-refractivity contribution is 6.06. The van der Waals surface area contributed by atoms with Crippen LogP contribution in [0.1, 0.15) is 33.1 Å². The average molecular weight is 546 g/mol. The Hall–Kier alpha value is -3.49. The number of amides is 3.